The number of hydrogen-bond donors (Lipinski definition) is 1. The van der Waals surface area contributed by atoms with E-state index in [1.54, 1.807) is 23.6 Å². The minimum Gasteiger partial charge on any atom is -0.466 e. The third-order valence-electron chi connectivity index (χ3n) is 5.27. The van der Waals surface area contributed by atoms with Gasteiger partial charge >= 0.3 is 5.97 Å². The number of esters is 1. The molecule has 1 aromatic heterocycles. The minimum atomic E-state index is -0.220. The molecule has 1 N–H and O–H groups in total. The van der Waals surface area contributed by atoms with Crippen LogP contribution < -0.4 is 0 Å². The van der Waals surface area contributed by atoms with Gasteiger partial charge in [-0.1, -0.05) is 36.0 Å². The number of aromatic amines is 1. The van der Waals surface area contributed by atoms with Crippen LogP contribution in [0.5, 0.6) is 0 Å². The molecule has 3 aromatic rings. The summed E-state index contributed by atoms with van der Waals surface area (Å²) in [4.78, 5) is 34.6. The minimum absolute atomic E-state index is 0.0273. The molecular formula is C23H25N3O3S. The van der Waals surface area contributed by atoms with Gasteiger partial charge in [-0.15, -0.1) is 0 Å². The number of carbonyl (C=O) groups is 2. The fourth-order valence-electron chi connectivity index (χ4n) is 3.69. The van der Waals surface area contributed by atoms with E-state index in [2.05, 4.69) is 9.97 Å². The lowest BCUT2D eigenvalue weighted by molar-refractivity contribution is -0.149. The maximum Gasteiger partial charge on any atom is 0.310 e. The summed E-state index contributed by atoms with van der Waals surface area (Å²) < 4.78 is 5.13. The molecule has 4 rings (SSSR count). The number of amides is 1. The fraction of sp³-hybridized carbons (Fsp3) is 0.348. The van der Waals surface area contributed by atoms with Crippen LogP contribution in [-0.2, 0) is 15.3 Å². The van der Waals surface area contributed by atoms with Crippen molar-refractivity contribution in [1.82, 2.24) is 14.9 Å². The van der Waals surface area contributed by atoms with E-state index < -0.39 is 0 Å². The van der Waals surface area contributed by atoms with Gasteiger partial charge in [0.15, 0.2) is 5.16 Å². The average molecular weight is 424 g/mol. The normalized spacial score (nSPS) is 16.6. The number of H-pyrrole nitrogens is 1. The van der Waals surface area contributed by atoms with E-state index in [0.717, 1.165) is 40.3 Å². The van der Waals surface area contributed by atoms with Crippen molar-refractivity contribution < 1.29 is 14.3 Å². The van der Waals surface area contributed by atoms with Crippen LogP contribution in [0.3, 0.4) is 0 Å². The molecular weight excluding hydrogens is 398 g/mol. The van der Waals surface area contributed by atoms with Gasteiger partial charge in [-0.3, -0.25) is 9.59 Å². The van der Waals surface area contributed by atoms with Gasteiger partial charge in [0.1, 0.15) is 0 Å². The van der Waals surface area contributed by atoms with Crippen LogP contribution in [0.4, 0.5) is 0 Å². The smallest absolute Gasteiger partial charge is 0.310 e. The zero-order valence-corrected chi connectivity index (χ0v) is 17.8. The van der Waals surface area contributed by atoms with E-state index in [1.165, 1.54) is 0 Å². The molecule has 0 spiro atoms. The van der Waals surface area contributed by atoms with Crippen molar-refractivity contribution in [2.24, 2.45) is 5.92 Å². The second-order valence-electron chi connectivity index (χ2n) is 7.39. The van der Waals surface area contributed by atoms with Crippen molar-refractivity contribution in [3.63, 3.8) is 0 Å². The zero-order valence-electron chi connectivity index (χ0n) is 17.0. The first-order valence-electron chi connectivity index (χ1n) is 10.3. The summed E-state index contributed by atoms with van der Waals surface area (Å²) in [6.07, 6.45) is 1.60. The Bertz CT molecular complexity index is 999. The summed E-state index contributed by atoms with van der Waals surface area (Å²) in [5.41, 5.74) is 3.77. The van der Waals surface area contributed by atoms with Crippen molar-refractivity contribution in [2.75, 3.05) is 19.7 Å². The lowest BCUT2D eigenvalue weighted by Crippen LogP contribution is -2.42. The number of nitrogens with zero attached hydrogens (tertiary/aromatic N) is 2. The van der Waals surface area contributed by atoms with Crippen LogP contribution in [-0.4, -0.2) is 46.4 Å². The molecule has 1 fully saturated rings. The molecule has 0 radical (unpaired) electrons. The van der Waals surface area contributed by atoms with E-state index in [4.69, 9.17) is 4.74 Å². The standard InChI is InChI=1S/C23H25N3O3S/c1-2-29-22(28)18-6-5-13-26(14-18)21(27)17-11-9-16(10-12-17)15-30-23-24-19-7-3-4-8-20(19)25-23/h3-4,7-12,18H,2,5-6,13-15H2,1H3,(H,24,25). The summed E-state index contributed by atoms with van der Waals surface area (Å²) in [5.74, 6) is 0.318. The molecule has 0 bridgehead atoms. The van der Waals surface area contributed by atoms with Gasteiger partial charge < -0.3 is 14.6 Å². The van der Waals surface area contributed by atoms with Gasteiger partial charge in [0, 0.05) is 24.4 Å². The highest BCUT2D eigenvalue weighted by atomic mass is 32.2. The summed E-state index contributed by atoms with van der Waals surface area (Å²) in [6, 6.07) is 15.7. The topological polar surface area (TPSA) is 75.3 Å². The molecule has 30 heavy (non-hydrogen) atoms. The predicted octanol–water partition coefficient (Wildman–Crippen LogP) is 4.27. The van der Waals surface area contributed by atoms with Crippen molar-refractivity contribution in [3.8, 4) is 0 Å². The van der Waals surface area contributed by atoms with E-state index >= 15 is 0 Å². The van der Waals surface area contributed by atoms with Crippen molar-refractivity contribution in [2.45, 2.75) is 30.7 Å². The summed E-state index contributed by atoms with van der Waals surface area (Å²) in [7, 11) is 0. The monoisotopic (exact) mass is 423 g/mol. The number of benzene rings is 2. The first-order chi connectivity index (χ1) is 14.6. The maximum atomic E-state index is 12.9. The molecule has 1 aliphatic heterocycles. The fourth-order valence-corrected chi connectivity index (χ4v) is 4.53. The quantitative estimate of drug-likeness (QED) is 0.473. The summed E-state index contributed by atoms with van der Waals surface area (Å²) in [6.45, 7) is 3.29. The Morgan fingerprint density at radius 2 is 2.00 bits per heavy atom. The number of nitrogens with one attached hydrogen (secondary N) is 1. The second-order valence-corrected chi connectivity index (χ2v) is 8.35. The van der Waals surface area contributed by atoms with Crippen LogP contribution in [0, 0.1) is 5.92 Å². The maximum absolute atomic E-state index is 12.9. The third-order valence-corrected chi connectivity index (χ3v) is 6.22. The Balaban J connectivity index is 1.35. The van der Waals surface area contributed by atoms with E-state index in [-0.39, 0.29) is 17.8 Å². The number of aromatic nitrogens is 2. The van der Waals surface area contributed by atoms with Gasteiger partial charge in [0.05, 0.1) is 23.6 Å². The molecule has 6 nitrogen and oxygen atoms in total. The molecule has 1 saturated heterocycles. The Hall–Kier alpha value is -2.80. The zero-order chi connectivity index (χ0) is 20.9. The van der Waals surface area contributed by atoms with Gasteiger partial charge in [-0.25, -0.2) is 4.98 Å². The van der Waals surface area contributed by atoms with Crippen molar-refractivity contribution in [3.05, 3.63) is 59.7 Å². The Labute approximate surface area is 180 Å². The molecule has 7 heteroatoms. The van der Waals surface area contributed by atoms with E-state index in [0.29, 0.717) is 25.3 Å². The van der Waals surface area contributed by atoms with Gasteiger partial charge in [0.2, 0.25) is 0 Å². The number of imidazole rings is 1. The van der Waals surface area contributed by atoms with Gasteiger partial charge in [0.25, 0.3) is 5.91 Å². The number of piperidine rings is 1. The van der Waals surface area contributed by atoms with Crippen LogP contribution in [0.2, 0.25) is 0 Å². The molecule has 156 valence electrons. The Morgan fingerprint density at radius 3 is 2.77 bits per heavy atom. The number of fused-ring (bicyclic) bond motifs is 1. The highest BCUT2D eigenvalue weighted by Crippen LogP contribution is 2.24. The number of likely N-dealkylation sites (tertiary alicyclic amines) is 1. The molecule has 0 saturated carbocycles. The predicted molar refractivity (Wildman–Crippen MR) is 117 cm³/mol. The third kappa shape index (κ3) is 4.67. The molecule has 1 amide bonds. The van der Waals surface area contributed by atoms with Crippen LogP contribution in [0.1, 0.15) is 35.7 Å². The number of ether oxygens (including phenoxy) is 1. The summed E-state index contributed by atoms with van der Waals surface area (Å²) in [5, 5.41) is 0.884. The molecule has 1 aliphatic rings. The molecule has 2 aromatic carbocycles. The number of carbonyl (C=O) groups excluding carboxylic acids is 2. The SMILES string of the molecule is CCOC(=O)C1CCCN(C(=O)c2ccc(CSc3nc4ccccc4[nH]3)cc2)C1. The molecule has 0 aliphatic carbocycles. The van der Waals surface area contributed by atoms with Gasteiger partial charge in [-0.2, -0.15) is 0 Å². The van der Waals surface area contributed by atoms with Crippen LogP contribution in [0.15, 0.2) is 53.7 Å². The first-order valence-corrected chi connectivity index (χ1v) is 11.2. The Morgan fingerprint density at radius 1 is 1.20 bits per heavy atom. The van der Waals surface area contributed by atoms with Crippen LogP contribution >= 0.6 is 11.8 Å². The van der Waals surface area contributed by atoms with Crippen LogP contribution in [0.25, 0.3) is 11.0 Å². The number of para-hydroxylation sites is 2. The summed E-state index contributed by atoms with van der Waals surface area (Å²) >= 11 is 1.64. The highest BCUT2D eigenvalue weighted by molar-refractivity contribution is 7.98. The molecule has 2 heterocycles. The average Bonchev–Trinajstić information content (AvgIpc) is 3.21. The number of hydrogen-bond acceptors (Lipinski definition) is 5. The molecule has 1 unspecified atom stereocenters. The van der Waals surface area contributed by atoms with E-state index in [1.807, 2.05) is 48.5 Å². The largest absolute Gasteiger partial charge is 0.466 e. The Kier molecular flexibility index (Phi) is 6.38. The number of rotatable bonds is 6. The lowest BCUT2D eigenvalue weighted by atomic mass is 9.97. The molecule has 1 atom stereocenters. The van der Waals surface area contributed by atoms with Crippen molar-refractivity contribution >= 4 is 34.7 Å². The van der Waals surface area contributed by atoms with Gasteiger partial charge in [-0.05, 0) is 49.6 Å². The lowest BCUT2D eigenvalue weighted by Gasteiger charge is -2.31. The van der Waals surface area contributed by atoms with Crippen molar-refractivity contribution in [1.29, 1.82) is 0 Å². The highest BCUT2D eigenvalue weighted by Gasteiger charge is 2.29. The second kappa shape index (κ2) is 9.34. The van der Waals surface area contributed by atoms with E-state index in [9.17, 15) is 9.59 Å². The first kappa shape index (κ1) is 20.5. The number of thioether (sulfide) groups is 1.